The summed E-state index contributed by atoms with van der Waals surface area (Å²) in [5.74, 6) is 0. The van der Waals surface area contributed by atoms with Crippen LogP contribution in [0.5, 0.6) is 0 Å². The number of nitrogens with zero attached hydrogens (tertiary/aromatic N) is 1. The minimum Gasteiger partial charge on any atom is -0.211 e. The molecule has 0 unspecified atom stereocenters. The van der Waals surface area contributed by atoms with E-state index in [1.54, 1.807) is 18.2 Å². The van der Waals surface area contributed by atoms with E-state index in [-0.39, 0.29) is 11.4 Å². The molecule has 1 atom stereocenters. The molecule has 0 N–H and O–H groups in total. The summed E-state index contributed by atoms with van der Waals surface area (Å²) in [6.07, 6.45) is 0. The SMILES string of the molecule is O=[S@](F)(=NCc1cccs1)c1ccc2ccccc2c1. The quantitative estimate of drug-likeness (QED) is 0.638. The highest BCUT2D eigenvalue weighted by Crippen LogP contribution is 2.23. The van der Waals surface area contributed by atoms with Crippen molar-refractivity contribution in [3.63, 3.8) is 0 Å². The zero-order chi connectivity index (χ0) is 14.0. The highest BCUT2D eigenvalue weighted by Gasteiger charge is 2.11. The number of benzene rings is 2. The van der Waals surface area contributed by atoms with Crippen molar-refractivity contribution >= 4 is 32.2 Å². The van der Waals surface area contributed by atoms with Gasteiger partial charge in [-0.25, -0.2) is 8.57 Å². The van der Waals surface area contributed by atoms with Gasteiger partial charge in [0.2, 0.25) is 10.1 Å². The highest BCUT2D eigenvalue weighted by molar-refractivity contribution is 7.88. The molecule has 0 aliphatic carbocycles. The molecule has 0 radical (unpaired) electrons. The van der Waals surface area contributed by atoms with E-state index in [1.165, 1.54) is 11.3 Å². The smallest absolute Gasteiger partial charge is 0.211 e. The van der Waals surface area contributed by atoms with Crippen LogP contribution in [0.1, 0.15) is 4.88 Å². The van der Waals surface area contributed by atoms with Gasteiger partial charge >= 0.3 is 0 Å². The molecule has 0 saturated carbocycles. The Kier molecular flexibility index (Phi) is 3.54. The first-order valence-corrected chi connectivity index (χ1v) is 8.38. The summed E-state index contributed by atoms with van der Waals surface area (Å²) in [6, 6.07) is 16.2. The molecule has 3 rings (SSSR count). The van der Waals surface area contributed by atoms with Crippen molar-refractivity contribution < 1.29 is 8.09 Å². The number of hydrogen-bond donors (Lipinski definition) is 0. The molecular formula is C15H12FNOS2. The number of thiophene rings is 1. The number of hydrogen-bond acceptors (Lipinski definition) is 3. The Bertz CT molecular complexity index is 849. The first-order chi connectivity index (χ1) is 9.65. The van der Waals surface area contributed by atoms with Gasteiger partial charge < -0.3 is 0 Å². The lowest BCUT2D eigenvalue weighted by Gasteiger charge is -2.03. The van der Waals surface area contributed by atoms with Crippen molar-refractivity contribution in [2.45, 2.75) is 11.4 Å². The molecule has 0 bridgehead atoms. The van der Waals surface area contributed by atoms with Crippen LogP contribution in [0.25, 0.3) is 10.8 Å². The van der Waals surface area contributed by atoms with Crippen LogP contribution >= 0.6 is 11.3 Å². The standard InChI is InChI=1S/C15H12FNOS2/c16-20(18,17-11-14-6-3-9-19-14)15-8-7-12-4-1-2-5-13(12)10-15/h1-10H,11H2/t20-/m1/s1. The third-order valence-electron chi connectivity index (χ3n) is 2.98. The minimum absolute atomic E-state index is 0.132. The monoisotopic (exact) mass is 305 g/mol. The zero-order valence-corrected chi connectivity index (χ0v) is 12.2. The average molecular weight is 305 g/mol. The lowest BCUT2D eigenvalue weighted by atomic mass is 10.1. The summed E-state index contributed by atoms with van der Waals surface area (Å²) in [4.78, 5) is 1.03. The van der Waals surface area contributed by atoms with E-state index in [9.17, 15) is 8.09 Å². The Balaban J connectivity index is 2.00. The van der Waals surface area contributed by atoms with E-state index in [4.69, 9.17) is 0 Å². The lowest BCUT2D eigenvalue weighted by molar-refractivity contribution is 0.635. The molecule has 0 aliphatic heterocycles. The van der Waals surface area contributed by atoms with Crippen LogP contribution in [0.4, 0.5) is 3.89 Å². The topological polar surface area (TPSA) is 29.4 Å². The molecule has 1 heterocycles. The largest absolute Gasteiger partial charge is 0.231 e. The summed E-state index contributed by atoms with van der Waals surface area (Å²) >= 11 is 1.48. The van der Waals surface area contributed by atoms with Gasteiger partial charge in [0.25, 0.3) is 0 Å². The second-order valence-electron chi connectivity index (χ2n) is 4.33. The molecule has 0 spiro atoms. The molecule has 1 aromatic heterocycles. The molecule has 102 valence electrons. The van der Waals surface area contributed by atoms with Crippen LogP contribution in [0.3, 0.4) is 0 Å². The van der Waals surface area contributed by atoms with Gasteiger partial charge in [0.15, 0.2) is 0 Å². The molecule has 0 saturated heterocycles. The summed E-state index contributed by atoms with van der Waals surface area (Å²) in [5.41, 5.74) is 0. The van der Waals surface area contributed by atoms with E-state index in [1.807, 2.05) is 41.8 Å². The third kappa shape index (κ3) is 2.73. The Morgan fingerprint density at radius 2 is 1.85 bits per heavy atom. The van der Waals surface area contributed by atoms with Crippen LogP contribution in [0.15, 0.2) is 69.2 Å². The van der Waals surface area contributed by atoms with Crippen molar-refractivity contribution in [1.82, 2.24) is 0 Å². The van der Waals surface area contributed by atoms with Crippen molar-refractivity contribution in [2.75, 3.05) is 0 Å². The fourth-order valence-electron chi connectivity index (χ4n) is 1.95. The summed E-state index contributed by atoms with van der Waals surface area (Å²) in [5, 5.41) is 3.74. The first-order valence-electron chi connectivity index (χ1n) is 6.09. The van der Waals surface area contributed by atoms with Gasteiger partial charge in [-0.3, -0.25) is 0 Å². The lowest BCUT2D eigenvalue weighted by Crippen LogP contribution is -1.93. The van der Waals surface area contributed by atoms with Gasteiger partial charge in [0.05, 0.1) is 11.4 Å². The number of halogens is 1. The summed E-state index contributed by atoms with van der Waals surface area (Å²) in [7, 11) is -3.85. The van der Waals surface area contributed by atoms with E-state index in [0.29, 0.717) is 0 Å². The Hall–Kier alpha value is -1.72. The van der Waals surface area contributed by atoms with E-state index in [2.05, 4.69) is 4.36 Å². The predicted molar refractivity (Wildman–Crippen MR) is 81.9 cm³/mol. The third-order valence-corrected chi connectivity index (χ3v) is 5.14. The highest BCUT2D eigenvalue weighted by atomic mass is 32.3. The number of rotatable bonds is 3. The Labute approximate surface area is 121 Å². The van der Waals surface area contributed by atoms with Crippen molar-refractivity contribution in [3.05, 3.63) is 64.9 Å². The molecule has 20 heavy (non-hydrogen) atoms. The molecule has 2 aromatic carbocycles. The van der Waals surface area contributed by atoms with Crippen LogP contribution in [0, 0.1) is 0 Å². The molecule has 3 aromatic rings. The molecule has 2 nitrogen and oxygen atoms in total. The molecule has 0 aliphatic rings. The van der Waals surface area contributed by atoms with Crippen LogP contribution in [-0.2, 0) is 16.7 Å². The van der Waals surface area contributed by atoms with E-state index >= 15 is 0 Å². The van der Waals surface area contributed by atoms with Gasteiger partial charge in [-0.15, -0.1) is 15.2 Å². The fraction of sp³-hybridized carbons (Fsp3) is 0.0667. The van der Waals surface area contributed by atoms with E-state index < -0.39 is 10.1 Å². The van der Waals surface area contributed by atoms with Gasteiger partial charge in [0.1, 0.15) is 0 Å². The Morgan fingerprint density at radius 3 is 2.60 bits per heavy atom. The maximum Gasteiger partial charge on any atom is 0.231 e. The minimum atomic E-state index is -3.85. The predicted octanol–water partition coefficient (Wildman–Crippen LogP) is 4.81. The van der Waals surface area contributed by atoms with Gasteiger partial charge in [-0.1, -0.05) is 36.4 Å². The molecular weight excluding hydrogens is 293 g/mol. The average Bonchev–Trinajstić information content (AvgIpc) is 2.98. The van der Waals surface area contributed by atoms with Gasteiger partial charge in [-0.05, 0) is 34.4 Å². The van der Waals surface area contributed by atoms with Gasteiger partial charge in [0, 0.05) is 4.88 Å². The second-order valence-corrected chi connectivity index (χ2v) is 7.01. The normalized spacial score (nSPS) is 14.1. The van der Waals surface area contributed by atoms with Crippen LogP contribution in [-0.4, -0.2) is 4.21 Å². The summed E-state index contributed by atoms with van der Waals surface area (Å²) in [6.45, 7) is 0.139. The zero-order valence-electron chi connectivity index (χ0n) is 10.5. The second kappa shape index (κ2) is 5.34. The maximum atomic E-state index is 14.3. The van der Waals surface area contributed by atoms with Crippen molar-refractivity contribution in [2.24, 2.45) is 4.36 Å². The van der Waals surface area contributed by atoms with Crippen LogP contribution in [0.2, 0.25) is 0 Å². The number of fused-ring (bicyclic) bond motifs is 1. The van der Waals surface area contributed by atoms with E-state index in [0.717, 1.165) is 15.6 Å². The first kappa shape index (κ1) is 13.3. The van der Waals surface area contributed by atoms with Crippen molar-refractivity contribution in [1.29, 1.82) is 0 Å². The van der Waals surface area contributed by atoms with Crippen LogP contribution < -0.4 is 0 Å². The maximum absolute atomic E-state index is 14.3. The molecule has 0 fully saturated rings. The summed E-state index contributed by atoms with van der Waals surface area (Å²) < 4.78 is 30.2. The Morgan fingerprint density at radius 1 is 1.05 bits per heavy atom. The fourth-order valence-corrected chi connectivity index (χ4v) is 3.62. The molecule has 5 heteroatoms. The van der Waals surface area contributed by atoms with Crippen molar-refractivity contribution in [3.8, 4) is 0 Å². The van der Waals surface area contributed by atoms with Gasteiger partial charge in [-0.2, -0.15) is 0 Å². The molecule has 0 amide bonds.